The molecule has 4 rings (SSSR count). The van der Waals surface area contributed by atoms with Crippen LogP contribution in [-0.4, -0.2) is 28.1 Å². The molecule has 3 aromatic rings. The molecule has 1 saturated heterocycles. The van der Waals surface area contributed by atoms with Crippen LogP contribution in [-0.2, 0) is 17.5 Å². The second-order valence-corrected chi connectivity index (χ2v) is 6.29. The van der Waals surface area contributed by atoms with E-state index in [1.807, 2.05) is 30.3 Å². The molecule has 1 aromatic heterocycles. The molecule has 0 N–H and O–H groups in total. The summed E-state index contributed by atoms with van der Waals surface area (Å²) in [4.78, 5) is 2.08. The second-order valence-electron chi connectivity index (χ2n) is 6.29. The van der Waals surface area contributed by atoms with E-state index in [9.17, 15) is 13.2 Å². The molecular formula is C19H17F3N4O. The number of anilines is 1. The minimum absolute atomic E-state index is 0.203. The highest BCUT2D eigenvalue weighted by atomic mass is 19.4. The van der Waals surface area contributed by atoms with Crippen molar-refractivity contribution in [2.24, 2.45) is 0 Å². The van der Waals surface area contributed by atoms with Crippen molar-refractivity contribution in [1.82, 2.24) is 15.0 Å². The third-order valence-electron chi connectivity index (χ3n) is 4.39. The number of ether oxygens (including phenoxy) is 1. The third-order valence-corrected chi connectivity index (χ3v) is 4.39. The topological polar surface area (TPSA) is 43.2 Å². The molecular weight excluding hydrogens is 357 g/mol. The lowest BCUT2D eigenvalue weighted by atomic mass is 10.1. The van der Waals surface area contributed by atoms with Gasteiger partial charge in [-0.1, -0.05) is 35.5 Å². The zero-order valence-corrected chi connectivity index (χ0v) is 14.3. The molecule has 0 radical (unpaired) electrons. The summed E-state index contributed by atoms with van der Waals surface area (Å²) in [5.41, 5.74) is 1.49. The maximum absolute atomic E-state index is 12.9. The normalized spacial score (nSPS) is 17.4. The van der Waals surface area contributed by atoms with Gasteiger partial charge in [-0.3, -0.25) is 0 Å². The van der Waals surface area contributed by atoms with Gasteiger partial charge in [-0.15, -0.1) is 5.10 Å². The molecule has 140 valence electrons. The summed E-state index contributed by atoms with van der Waals surface area (Å²) in [6, 6.07) is 15.1. The second kappa shape index (κ2) is 7.03. The van der Waals surface area contributed by atoms with E-state index < -0.39 is 11.7 Å². The summed E-state index contributed by atoms with van der Waals surface area (Å²) in [7, 11) is 0. The molecule has 1 aliphatic rings. The lowest BCUT2D eigenvalue weighted by molar-refractivity contribution is -0.137. The van der Waals surface area contributed by atoms with E-state index in [2.05, 4.69) is 15.2 Å². The summed E-state index contributed by atoms with van der Waals surface area (Å²) in [6.07, 6.45) is -3.01. The fourth-order valence-corrected chi connectivity index (χ4v) is 3.14. The Labute approximate surface area is 154 Å². The van der Waals surface area contributed by atoms with Crippen LogP contribution in [0, 0.1) is 0 Å². The molecule has 1 fully saturated rings. The minimum atomic E-state index is -4.36. The predicted octanol–water partition coefficient (Wildman–Crippen LogP) is 3.88. The number of hydrogen-bond donors (Lipinski definition) is 0. The first kappa shape index (κ1) is 17.5. The standard InChI is InChI=1S/C19H17F3N4O/c20-19(21,22)15-6-4-5-14(11-15)12-25-13-17(23-24-25)18-26(9-10-27-18)16-7-2-1-3-8-16/h1-8,11,13,18H,9-10,12H2/t18-/m0/s1. The van der Waals surface area contributed by atoms with E-state index in [0.29, 0.717) is 17.9 Å². The Bertz CT molecular complexity index is 911. The fourth-order valence-electron chi connectivity index (χ4n) is 3.14. The van der Waals surface area contributed by atoms with Crippen molar-refractivity contribution in [2.45, 2.75) is 18.9 Å². The molecule has 1 atom stereocenters. The number of hydrogen-bond acceptors (Lipinski definition) is 4. The zero-order valence-electron chi connectivity index (χ0n) is 14.3. The Kier molecular flexibility index (Phi) is 4.57. The minimum Gasteiger partial charge on any atom is -0.350 e. The van der Waals surface area contributed by atoms with Gasteiger partial charge in [-0.25, -0.2) is 4.68 Å². The summed E-state index contributed by atoms with van der Waals surface area (Å²) < 4.78 is 45.9. The number of aromatic nitrogens is 3. The quantitative estimate of drug-likeness (QED) is 0.695. The van der Waals surface area contributed by atoms with Crippen LogP contribution in [0.2, 0.25) is 0 Å². The van der Waals surface area contributed by atoms with E-state index in [0.717, 1.165) is 24.4 Å². The molecule has 0 aliphatic carbocycles. The molecule has 2 aromatic carbocycles. The van der Waals surface area contributed by atoms with E-state index in [1.54, 1.807) is 12.3 Å². The van der Waals surface area contributed by atoms with E-state index in [4.69, 9.17) is 4.74 Å². The summed E-state index contributed by atoms with van der Waals surface area (Å²) in [6.45, 7) is 1.50. The van der Waals surface area contributed by atoms with Crippen LogP contribution in [0.25, 0.3) is 0 Å². The van der Waals surface area contributed by atoms with Gasteiger partial charge in [0.25, 0.3) is 0 Å². The van der Waals surface area contributed by atoms with Crippen LogP contribution in [0.5, 0.6) is 0 Å². The lowest BCUT2D eigenvalue weighted by Crippen LogP contribution is -2.23. The van der Waals surface area contributed by atoms with E-state index in [-0.39, 0.29) is 12.8 Å². The summed E-state index contributed by atoms with van der Waals surface area (Å²) >= 11 is 0. The number of alkyl halides is 3. The number of halogens is 3. The summed E-state index contributed by atoms with van der Waals surface area (Å²) in [5.74, 6) is 0. The van der Waals surface area contributed by atoms with Gasteiger partial charge >= 0.3 is 6.18 Å². The van der Waals surface area contributed by atoms with Crippen LogP contribution in [0.3, 0.4) is 0 Å². The number of nitrogens with zero attached hydrogens (tertiary/aromatic N) is 4. The van der Waals surface area contributed by atoms with Gasteiger partial charge < -0.3 is 9.64 Å². The highest BCUT2D eigenvalue weighted by Gasteiger charge is 2.31. The molecule has 27 heavy (non-hydrogen) atoms. The first-order chi connectivity index (χ1) is 13.0. The molecule has 0 spiro atoms. The molecule has 2 heterocycles. The Hall–Kier alpha value is -2.87. The van der Waals surface area contributed by atoms with Gasteiger partial charge in [0.1, 0.15) is 5.69 Å². The van der Waals surface area contributed by atoms with Crippen molar-refractivity contribution in [2.75, 3.05) is 18.1 Å². The van der Waals surface area contributed by atoms with Gasteiger partial charge in [-0.2, -0.15) is 13.2 Å². The van der Waals surface area contributed by atoms with Gasteiger partial charge in [0.15, 0.2) is 6.23 Å². The predicted molar refractivity (Wildman–Crippen MR) is 93.0 cm³/mol. The molecule has 0 unspecified atom stereocenters. The van der Waals surface area contributed by atoms with Crippen LogP contribution < -0.4 is 4.90 Å². The van der Waals surface area contributed by atoms with E-state index in [1.165, 1.54) is 10.7 Å². The number of rotatable bonds is 4. The maximum atomic E-state index is 12.9. The molecule has 0 saturated carbocycles. The van der Waals surface area contributed by atoms with Gasteiger partial charge in [0.05, 0.1) is 24.9 Å². The molecule has 0 amide bonds. The average Bonchev–Trinajstić information content (AvgIpc) is 3.31. The Morgan fingerprint density at radius 1 is 1.07 bits per heavy atom. The van der Waals surface area contributed by atoms with Crippen molar-refractivity contribution < 1.29 is 17.9 Å². The van der Waals surface area contributed by atoms with Crippen LogP contribution in [0.4, 0.5) is 18.9 Å². The molecule has 8 heteroatoms. The van der Waals surface area contributed by atoms with Gasteiger partial charge in [0.2, 0.25) is 0 Å². The zero-order chi connectivity index (χ0) is 18.9. The van der Waals surface area contributed by atoms with Crippen molar-refractivity contribution in [3.8, 4) is 0 Å². The number of para-hydroxylation sites is 1. The monoisotopic (exact) mass is 374 g/mol. The van der Waals surface area contributed by atoms with Gasteiger partial charge in [0, 0.05) is 12.2 Å². The van der Waals surface area contributed by atoms with Crippen molar-refractivity contribution in [3.05, 3.63) is 77.6 Å². The van der Waals surface area contributed by atoms with Crippen molar-refractivity contribution >= 4 is 5.69 Å². The van der Waals surface area contributed by atoms with Crippen LogP contribution in [0.15, 0.2) is 60.8 Å². The Balaban J connectivity index is 1.52. The first-order valence-corrected chi connectivity index (χ1v) is 8.50. The molecule has 0 bridgehead atoms. The van der Waals surface area contributed by atoms with Crippen molar-refractivity contribution in [1.29, 1.82) is 0 Å². The lowest BCUT2D eigenvalue weighted by Gasteiger charge is -2.23. The Morgan fingerprint density at radius 2 is 1.89 bits per heavy atom. The summed E-state index contributed by atoms with van der Waals surface area (Å²) in [5, 5.41) is 8.22. The van der Waals surface area contributed by atoms with Crippen LogP contribution in [0.1, 0.15) is 23.0 Å². The Morgan fingerprint density at radius 3 is 2.67 bits per heavy atom. The van der Waals surface area contributed by atoms with E-state index >= 15 is 0 Å². The molecule has 5 nitrogen and oxygen atoms in total. The fraction of sp³-hybridized carbons (Fsp3) is 0.263. The SMILES string of the molecule is FC(F)(F)c1cccc(Cn2cc([C@@H]3OCCN3c3ccccc3)nn2)c1. The highest BCUT2D eigenvalue weighted by Crippen LogP contribution is 2.31. The smallest absolute Gasteiger partial charge is 0.350 e. The third kappa shape index (κ3) is 3.80. The molecule has 1 aliphatic heterocycles. The number of benzene rings is 2. The van der Waals surface area contributed by atoms with Crippen LogP contribution >= 0.6 is 0 Å². The van der Waals surface area contributed by atoms with Crippen molar-refractivity contribution in [3.63, 3.8) is 0 Å². The maximum Gasteiger partial charge on any atom is 0.416 e. The first-order valence-electron chi connectivity index (χ1n) is 8.50. The largest absolute Gasteiger partial charge is 0.416 e. The van der Waals surface area contributed by atoms with Gasteiger partial charge in [-0.05, 0) is 29.8 Å². The highest BCUT2D eigenvalue weighted by molar-refractivity contribution is 5.48. The average molecular weight is 374 g/mol.